The van der Waals surface area contributed by atoms with Crippen molar-refractivity contribution in [3.63, 3.8) is 0 Å². The van der Waals surface area contributed by atoms with Crippen molar-refractivity contribution in [1.29, 1.82) is 0 Å². The first kappa shape index (κ1) is 13.4. The first-order valence-corrected chi connectivity index (χ1v) is 6.60. The van der Waals surface area contributed by atoms with Crippen LogP contribution in [0.15, 0.2) is 23.4 Å². The molecule has 0 bridgehead atoms. The standard InChI is InChI=1S/C9H10N4O5S/c10-12-18-7(14)3-5-13-9(15)6-2-1-4-11-8(6)19(13,16)17/h1-2,4,12H,3,5,10H2. The second-order valence-corrected chi connectivity index (χ2v) is 5.36. The molecule has 0 saturated heterocycles. The summed E-state index contributed by atoms with van der Waals surface area (Å²) in [5.41, 5.74) is 1.67. The fourth-order valence-corrected chi connectivity index (χ4v) is 3.12. The Bertz CT molecular complexity index is 629. The van der Waals surface area contributed by atoms with Crippen molar-refractivity contribution in [3.8, 4) is 0 Å². The van der Waals surface area contributed by atoms with Gasteiger partial charge in [0.05, 0.1) is 12.0 Å². The van der Waals surface area contributed by atoms with E-state index in [-0.39, 0.29) is 23.6 Å². The summed E-state index contributed by atoms with van der Waals surface area (Å²) >= 11 is 0. The van der Waals surface area contributed by atoms with Gasteiger partial charge in [-0.15, -0.1) is 0 Å². The van der Waals surface area contributed by atoms with E-state index >= 15 is 0 Å². The SMILES string of the molecule is NNOC(=O)CCN1C(=O)c2cccnc2S1(=O)=O. The molecule has 10 heteroatoms. The molecule has 3 N–H and O–H groups in total. The Morgan fingerprint density at radius 2 is 2.26 bits per heavy atom. The highest BCUT2D eigenvalue weighted by molar-refractivity contribution is 7.90. The second-order valence-electron chi connectivity index (χ2n) is 3.58. The molecule has 2 rings (SSSR count). The van der Waals surface area contributed by atoms with E-state index in [1.807, 2.05) is 0 Å². The van der Waals surface area contributed by atoms with Crippen LogP contribution in [0.4, 0.5) is 0 Å². The minimum atomic E-state index is -3.99. The Labute approximate surface area is 108 Å². The molecular formula is C9H10N4O5S. The van der Waals surface area contributed by atoms with Gasteiger partial charge in [0, 0.05) is 12.7 Å². The second kappa shape index (κ2) is 4.91. The largest absolute Gasteiger partial charge is 0.356 e. The number of nitrogens with zero attached hydrogens (tertiary/aromatic N) is 2. The number of aromatic nitrogens is 1. The van der Waals surface area contributed by atoms with Crippen molar-refractivity contribution in [1.82, 2.24) is 14.9 Å². The molecule has 1 aromatic heterocycles. The van der Waals surface area contributed by atoms with Crippen molar-refractivity contribution in [3.05, 3.63) is 23.9 Å². The Balaban J connectivity index is 2.21. The van der Waals surface area contributed by atoms with Crippen LogP contribution < -0.4 is 11.4 Å². The van der Waals surface area contributed by atoms with Crippen LogP contribution in [0.1, 0.15) is 16.8 Å². The average molecular weight is 286 g/mol. The number of hydrogen-bond acceptors (Lipinski definition) is 8. The third kappa shape index (κ3) is 2.28. The van der Waals surface area contributed by atoms with Gasteiger partial charge in [0.15, 0.2) is 5.03 Å². The number of hydrogen-bond donors (Lipinski definition) is 2. The molecule has 1 aliphatic rings. The maximum absolute atomic E-state index is 12.0. The molecule has 0 aliphatic carbocycles. The number of carbonyl (C=O) groups excluding carboxylic acids is 2. The lowest BCUT2D eigenvalue weighted by atomic mass is 10.2. The van der Waals surface area contributed by atoms with Gasteiger partial charge in [-0.1, -0.05) is 5.59 Å². The molecule has 0 spiro atoms. The molecule has 0 radical (unpaired) electrons. The van der Waals surface area contributed by atoms with Gasteiger partial charge in [-0.2, -0.15) is 8.42 Å². The zero-order chi connectivity index (χ0) is 14.0. The number of rotatable bonds is 4. The fraction of sp³-hybridized carbons (Fsp3) is 0.222. The lowest BCUT2D eigenvalue weighted by Crippen LogP contribution is -2.34. The van der Waals surface area contributed by atoms with Crippen LogP contribution in [-0.2, 0) is 19.7 Å². The Hall–Kier alpha value is -2.04. The van der Waals surface area contributed by atoms with Gasteiger partial charge >= 0.3 is 5.97 Å². The van der Waals surface area contributed by atoms with E-state index in [9.17, 15) is 18.0 Å². The van der Waals surface area contributed by atoms with E-state index in [0.29, 0.717) is 4.31 Å². The highest BCUT2D eigenvalue weighted by atomic mass is 32.2. The highest BCUT2D eigenvalue weighted by Gasteiger charge is 2.42. The zero-order valence-electron chi connectivity index (χ0n) is 9.57. The molecule has 0 aromatic carbocycles. The van der Waals surface area contributed by atoms with Gasteiger partial charge in [0.1, 0.15) is 0 Å². The smallest absolute Gasteiger partial charge is 0.328 e. The van der Waals surface area contributed by atoms with E-state index in [2.05, 4.69) is 9.82 Å². The summed E-state index contributed by atoms with van der Waals surface area (Å²) in [6, 6.07) is 2.82. The number of amides is 1. The van der Waals surface area contributed by atoms with Gasteiger partial charge in [-0.05, 0) is 12.1 Å². The van der Waals surface area contributed by atoms with Gasteiger partial charge in [0.2, 0.25) is 0 Å². The minimum absolute atomic E-state index is 0.00665. The Morgan fingerprint density at radius 1 is 1.53 bits per heavy atom. The monoisotopic (exact) mass is 286 g/mol. The van der Waals surface area contributed by atoms with Crippen molar-refractivity contribution in [2.24, 2.45) is 5.84 Å². The van der Waals surface area contributed by atoms with Gasteiger partial charge in [-0.3, -0.25) is 9.59 Å². The summed E-state index contributed by atoms with van der Waals surface area (Å²) in [7, 11) is -3.99. The average Bonchev–Trinajstić information content (AvgIpc) is 2.57. The van der Waals surface area contributed by atoms with Gasteiger partial charge < -0.3 is 4.84 Å². The summed E-state index contributed by atoms with van der Waals surface area (Å²) in [5, 5.41) is -0.301. The van der Waals surface area contributed by atoms with E-state index in [4.69, 9.17) is 5.84 Å². The quantitative estimate of drug-likeness (QED) is 0.507. The molecule has 0 saturated carbocycles. The van der Waals surface area contributed by atoms with Crippen molar-refractivity contribution >= 4 is 21.9 Å². The number of fused-ring (bicyclic) bond motifs is 1. The van der Waals surface area contributed by atoms with Crippen LogP contribution in [0.3, 0.4) is 0 Å². The molecule has 102 valence electrons. The molecule has 1 aromatic rings. The van der Waals surface area contributed by atoms with Crippen LogP contribution in [0.2, 0.25) is 0 Å². The predicted octanol–water partition coefficient (Wildman–Crippen LogP) is -1.46. The third-order valence-electron chi connectivity index (χ3n) is 2.45. The summed E-state index contributed by atoms with van der Waals surface area (Å²) in [6.07, 6.45) is 0.961. The third-order valence-corrected chi connectivity index (χ3v) is 4.20. The number of pyridine rings is 1. The van der Waals surface area contributed by atoms with Crippen LogP contribution in [-0.4, -0.2) is 36.1 Å². The lowest BCUT2D eigenvalue weighted by molar-refractivity contribution is -0.151. The molecule has 19 heavy (non-hydrogen) atoms. The summed E-state index contributed by atoms with van der Waals surface area (Å²) < 4.78 is 24.6. The first-order valence-electron chi connectivity index (χ1n) is 5.16. The number of sulfonamides is 1. The van der Waals surface area contributed by atoms with E-state index in [1.54, 1.807) is 5.59 Å². The number of nitrogens with one attached hydrogen (secondary N) is 1. The zero-order valence-corrected chi connectivity index (χ0v) is 10.4. The minimum Gasteiger partial charge on any atom is -0.356 e. The predicted molar refractivity (Wildman–Crippen MR) is 60.5 cm³/mol. The summed E-state index contributed by atoms with van der Waals surface area (Å²) in [6.45, 7) is -0.335. The molecule has 0 fully saturated rings. The normalized spacial score (nSPS) is 16.3. The van der Waals surface area contributed by atoms with Gasteiger partial charge in [0.25, 0.3) is 15.9 Å². The molecular weight excluding hydrogens is 276 g/mol. The maximum Gasteiger partial charge on any atom is 0.328 e. The number of hydrazine groups is 1. The van der Waals surface area contributed by atoms with E-state index < -0.39 is 21.9 Å². The molecule has 2 heterocycles. The van der Waals surface area contributed by atoms with Crippen molar-refractivity contribution in [2.45, 2.75) is 11.4 Å². The Kier molecular flexibility index (Phi) is 3.46. The van der Waals surface area contributed by atoms with Crippen LogP contribution in [0, 0.1) is 0 Å². The fourth-order valence-electron chi connectivity index (χ4n) is 1.64. The lowest BCUT2D eigenvalue weighted by Gasteiger charge is -2.13. The van der Waals surface area contributed by atoms with E-state index in [1.165, 1.54) is 18.3 Å². The first-order chi connectivity index (χ1) is 8.98. The molecule has 9 nitrogen and oxygen atoms in total. The van der Waals surface area contributed by atoms with E-state index in [0.717, 1.165) is 0 Å². The van der Waals surface area contributed by atoms with Crippen molar-refractivity contribution in [2.75, 3.05) is 6.54 Å². The molecule has 1 amide bonds. The Morgan fingerprint density at radius 3 is 2.89 bits per heavy atom. The number of nitrogens with two attached hydrogens (primary N) is 1. The topological polar surface area (TPSA) is 132 Å². The molecule has 1 aliphatic heterocycles. The summed E-state index contributed by atoms with van der Waals surface area (Å²) in [5.74, 6) is 3.27. The maximum atomic E-state index is 12.0. The van der Waals surface area contributed by atoms with Crippen molar-refractivity contribution < 1.29 is 22.8 Å². The van der Waals surface area contributed by atoms with Gasteiger partial charge in [-0.25, -0.2) is 15.1 Å². The molecule has 0 unspecified atom stereocenters. The summed E-state index contributed by atoms with van der Waals surface area (Å²) in [4.78, 5) is 30.9. The van der Waals surface area contributed by atoms with Crippen LogP contribution in [0.5, 0.6) is 0 Å². The molecule has 0 atom stereocenters. The van der Waals surface area contributed by atoms with Crippen LogP contribution >= 0.6 is 0 Å². The van der Waals surface area contributed by atoms with Crippen LogP contribution in [0.25, 0.3) is 0 Å². The highest BCUT2D eigenvalue weighted by Crippen LogP contribution is 2.27. The number of carbonyl (C=O) groups is 2.